The zero-order valence-corrected chi connectivity index (χ0v) is 14.4. The first-order chi connectivity index (χ1) is 9.01. The first kappa shape index (κ1) is 14.8. The Morgan fingerprint density at radius 3 is 2.63 bits per heavy atom. The molecule has 1 aromatic carbocycles. The van der Waals surface area contributed by atoms with Crippen molar-refractivity contribution in [1.82, 2.24) is 0 Å². The number of hydrogen-bond acceptors (Lipinski definition) is 3. The molecule has 0 aliphatic carbocycles. The van der Waals surface area contributed by atoms with E-state index in [4.69, 9.17) is 16.3 Å². The Hall–Kier alpha value is -0.560. The van der Waals surface area contributed by atoms with E-state index in [9.17, 15) is 4.79 Å². The third-order valence-corrected chi connectivity index (χ3v) is 4.95. The summed E-state index contributed by atoms with van der Waals surface area (Å²) in [6, 6.07) is 6.84. The minimum Gasteiger partial charge on any atom is -0.495 e. The van der Waals surface area contributed by atoms with Gasteiger partial charge in [0.15, 0.2) is 0 Å². The van der Waals surface area contributed by atoms with Crippen LogP contribution in [0.1, 0.15) is 10.4 Å². The van der Waals surface area contributed by atoms with Gasteiger partial charge in [-0.2, -0.15) is 0 Å². The highest BCUT2D eigenvalue weighted by molar-refractivity contribution is 9.12. The van der Waals surface area contributed by atoms with Gasteiger partial charge in [0.2, 0.25) is 0 Å². The zero-order valence-electron chi connectivity index (χ0n) is 9.67. The summed E-state index contributed by atoms with van der Waals surface area (Å²) in [5, 5.41) is 3.23. The van der Waals surface area contributed by atoms with Gasteiger partial charge < -0.3 is 10.1 Å². The second-order valence-corrected chi connectivity index (χ2v) is 7.70. The number of anilines is 1. The number of nitrogens with one attached hydrogen (secondary N) is 1. The SMILES string of the molecule is COc1ccc(NC(=O)c2cc(Br)sc2Br)cc1Cl. The molecule has 0 aliphatic heterocycles. The molecule has 1 aromatic heterocycles. The molecule has 2 rings (SSSR count). The van der Waals surface area contributed by atoms with E-state index >= 15 is 0 Å². The van der Waals surface area contributed by atoms with Gasteiger partial charge in [-0.25, -0.2) is 0 Å². The molecule has 3 nitrogen and oxygen atoms in total. The van der Waals surface area contributed by atoms with Crippen LogP contribution in [0.25, 0.3) is 0 Å². The average molecular weight is 426 g/mol. The number of hydrogen-bond donors (Lipinski definition) is 1. The second-order valence-electron chi connectivity index (χ2n) is 3.54. The van der Waals surface area contributed by atoms with E-state index in [1.165, 1.54) is 11.3 Å². The summed E-state index contributed by atoms with van der Waals surface area (Å²) in [4.78, 5) is 12.1. The van der Waals surface area contributed by atoms with Gasteiger partial charge in [0.25, 0.3) is 5.91 Å². The lowest BCUT2D eigenvalue weighted by Gasteiger charge is -2.07. The lowest BCUT2D eigenvalue weighted by atomic mass is 10.2. The summed E-state index contributed by atoms with van der Waals surface area (Å²) < 4.78 is 6.72. The van der Waals surface area contributed by atoms with Crippen molar-refractivity contribution in [3.8, 4) is 5.75 Å². The van der Waals surface area contributed by atoms with E-state index in [0.29, 0.717) is 22.0 Å². The van der Waals surface area contributed by atoms with E-state index in [1.54, 1.807) is 31.4 Å². The molecule has 0 aliphatic rings. The Labute approximate surface area is 136 Å². The first-order valence-corrected chi connectivity index (χ1v) is 7.89. The maximum absolute atomic E-state index is 12.1. The number of halogens is 3. The molecule has 0 radical (unpaired) electrons. The van der Waals surface area contributed by atoms with Crippen molar-refractivity contribution in [2.24, 2.45) is 0 Å². The number of methoxy groups -OCH3 is 1. The van der Waals surface area contributed by atoms with Gasteiger partial charge in [-0.3, -0.25) is 4.79 Å². The maximum atomic E-state index is 12.1. The van der Waals surface area contributed by atoms with Crippen molar-refractivity contribution in [3.05, 3.63) is 42.4 Å². The van der Waals surface area contributed by atoms with Crippen LogP contribution in [0.4, 0.5) is 5.69 Å². The van der Waals surface area contributed by atoms with Crippen molar-refractivity contribution >= 4 is 66.4 Å². The second kappa shape index (κ2) is 6.26. The molecule has 100 valence electrons. The Kier molecular flexibility index (Phi) is 4.89. The molecule has 0 saturated heterocycles. The fourth-order valence-electron chi connectivity index (χ4n) is 1.44. The predicted molar refractivity (Wildman–Crippen MR) is 85.7 cm³/mol. The van der Waals surface area contributed by atoms with E-state index in [0.717, 1.165) is 7.57 Å². The molecule has 1 N–H and O–H groups in total. The third-order valence-electron chi connectivity index (χ3n) is 2.31. The first-order valence-electron chi connectivity index (χ1n) is 5.11. The highest BCUT2D eigenvalue weighted by Crippen LogP contribution is 2.33. The van der Waals surface area contributed by atoms with Crippen molar-refractivity contribution in [3.63, 3.8) is 0 Å². The van der Waals surface area contributed by atoms with Crippen LogP contribution >= 0.6 is 54.8 Å². The molecule has 2 aromatic rings. The third kappa shape index (κ3) is 3.51. The zero-order chi connectivity index (χ0) is 14.0. The van der Waals surface area contributed by atoms with Crippen LogP contribution in [0.5, 0.6) is 5.75 Å². The molecule has 0 bridgehead atoms. The minimum atomic E-state index is -0.199. The maximum Gasteiger partial charge on any atom is 0.257 e. The molecule has 19 heavy (non-hydrogen) atoms. The Bertz CT molecular complexity index is 630. The van der Waals surface area contributed by atoms with Crippen LogP contribution in [0.2, 0.25) is 5.02 Å². The van der Waals surface area contributed by atoms with Crippen LogP contribution in [0.15, 0.2) is 31.8 Å². The standard InChI is InChI=1S/C12H8Br2ClNO2S/c1-18-9-3-2-6(4-8(9)15)16-12(17)7-5-10(13)19-11(7)14/h2-5H,1H3,(H,16,17). The van der Waals surface area contributed by atoms with Gasteiger partial charge in [0.05, 0.1) is 25.3 Å². The largest absolute Gasteiger partial charge is 0.495 e. The van der Waals surface area contributed by atoms with Gasteiger partial charge >= 0.3 is 0 Å². The van der Waals surface area contributed by atoms with Crippen LogP contribution in [-0.2, 0) is 0 Å². The summed E-state index contributed by atoms with van der Waals surface area (Å²) in [5.41, 5.74) is 1.19. The summed E-state index contributed by atoms with van der Waals surface area (Å²) in [6.45, 7) is 0. The number of rotatable bonds is 3. The topological polar surface area (TPSA) is 38.3 Å². The van der Waals surface area contributed by atoms with Gasteiger partial charge in [0.1, 0.15) is 5.75 Å². The lowest BCUT2D eigenvalue weighted by Crippen LogP contribution is -2.11. The van der Waals surface area contributed by atoms with Crippen molar-refractivity contribution in [2.45, 2.75) is 0 Å². The molecular weight excluding hydrogens is 417 g/mol. The fraction of sp³-hybridized carbons (Fsp3) is 0.0833. The number of carbonyl (C=O) groups is 1. The number of carbonyl (C=O) groups excluding carboxylic acids is 1. The van der Waals surface area contributed by atoms with Gasteiger partial charge in [-0.05, 0) is 56.1 Å². The Balaban J connectivity index is 2.19. The number of benzene rings is 1. The number of thiophene rings is 1. The highest BCUT2D eigenvalue weighted by atomic mass is 79.9. The van der Waals surface area contributed by atoms with E-state index < -0.39 is 0 Å². The summed E-state index contributed by atoms with van der Waals surface area (Å²) >= 11 is 14.1. The van der Waals surface area contributed by atoms with Crippen LogP contribution in [0.3, 0.4) is 0 Å². The Morgan fingerprint density at radius 2 is 2.11 bits per heavy atom. The normalized spacial score (nSPS) is 10.3. The number of amides is 1. The van der Waals surface area contributed by atoms with Crippen LogP contribution in [0, 0.1) is 0 Å². The van der Waals surface area contributed by atoms with Crippen LogP contribution in [-0.4, -0.2) is 13.0 Å². The van der Waals surface area contributed by atoms with Crippen molar-refractivity contribution in [2.75, 3.05) is 12.4 Å². The molecular formula is C12H8Br2ClNO2S. The van der Waals surface area contributed by atoms with Gasteiger partial charge in [-0.1, -0.05) is 11.6 Å². The van der Waals surface area contributed by atoms with Gasteiger partial charge in [0, 0.05) is 5.69 Å². The molecule has 0 atom stereocenters. The smallest absolute Gasteiger partial charge is 0.257 e. The lowest BCUT2D eigenvalue weighted by molar-refractivity contribution is 0.102. The molecule has 0 saturated carbocycles. The summed E-state index contributed by atoms with van der Waals surface area (Å²) in [6.07, 6.45) is 0. The number of ether oxygens (including phenoxy) is 1. The fourth-order valence-corrected chi connectivity index (χ4v) is 4.49. The van der Waals surface area contributed by atoms with Crippen molar-refractivity contribution in [1.29, 1.82) is 0 Å². The van der Waals surface area contributed by atoms with Crippen molar-refractivity contribution < 1.29 is 9.53 Å². The quantitative estimate of drug-likeness (QED) is 0.735. The minimum absolute atomic E-state index is 0.199. The Morgan fingerprint density at radius 1 is 1.37 bits per heavy atom. The predicted octanol–water partition coefficient (Wildman–Crippen LogP) is 5.19. The average Bonchev–Trinajstić information content (AvgIpc) is 2.69. The summed E-state index contributed by atoms with van der Waals surface area (Å²) in [7, 11) is 1.54. The van der Waals surface area contributed by atoms with Crippen LogP contribution < -0.4 is 10.1 Å². The van der Waals surface area contributed by atoms with E-state index in [-0.39, 0.29) is 5.91 Å². The molecule has 0 fully saturated rings. The van der Waals surface area contributed by atoms with E-state index in [1.807, 2.05) is 0 Å². The molecule has 0 unspecified atom stereocenters. The monoisotopic (exact) mass is 423 g/mol. The summed E-state index contributed by atoms with van der Waals surface area (Å²) in [5.74, 6) is 0.370. The highest BCUT2D eigenvalue weighted by Gasteiger charge is 2.14. The molecule has 7 heteroatoms. The van der Waals surface area contributed by atoms with E-state index in [2.05, 4.69) is 37.2 Å². The molecule has 1 heterocycles. The van der Waals surface area contributed by atoms with Gasteiger partial charge in [-0.15, -0.1) is 11.3 Å². The molecule has 0 spiro atoms. The molecule has 1 amide bonds.